The Kier molecular flexibility index (Phi) is 3.06. The van der Waals surface area contributed by atoms with Crippen molar-refractivity contribution in [3.63, 3.8) is 0 Å². The highest BCUT2D eigenvalue weighted by molar-refractivity contribution is 5.27. The summed E-state index contributed by atoms with van der Waals surface area (Å²) in [5.74, 6) is 1.39. The van der Waals surface area contributed by atoms with Crippen LogP contribution < -0.4 is 5.32 Å². The van der Waals surface area contributed by atoms with Crippen LogP contribution in [0.4, 0.5) is 0 Å². The molecule has 1 aliphatic rings. The van der Waals surface area contributed by atoms with Gasteiger partial charge in [0.2, 0.25) is 5.89 Å². The molecule has 1 atom stereocenters. The van der Waals surface area contributed by atoms with Crippen molar-refractivity contribution in [1.29, 1.82) is 0 Å². The molecule has 0 aromatic carbocycles. The zero-order valence-corrected chi connectivity index (χ0v) is 10.4. The van der Waals surface area contributed by atoms with Gasteiger partial charge in [0.05, 0.1) is 11.7 Å². The average molecular weight is 244 g/mol. The van der Waals surface area contributed by atoms with Gasteiger partial charge in [-0.05, 0) is 31.4 Å². The van der Waals surface area contributed by atoms with E-state index in [2.05, 4.69) is 26.5 Å². The number of fused-ring (bicyclic) bond motifs is 1. The first-order chi connectivity index (χ1) is 8.83. The second-order valence-corrected chi connectivity index (χ2v) is 4.58. The molecule has 5 nitrogen and oxygen atoms in total. The van der Waals surface area contributed by atoms with Crippen molar-refractivity contribution in [1.82, 2.24) is 20.4 Å². The zero-order valence-electron chi connectivity index (χ0n) is 10.4. The van der Waals surface area contributed by atoms with Crippen LogP contribution in [-0.4, -0.2) is 21.7 Å². The number of aromatic nitrogens is 3. The topological polar surface area (TPSA) is 63.8 Å². The molecule has 1 unspecified atom stereocenters. The van der Waals surface area contributed by atoms with E-state index < -0.39 is 0 Å². The number of pyridine rings is 1. The van der Waals surface area contributed by atoms with Crippen LogP contribution in [0.3, 0.4) is 0 Å². The Balaban J connectivity index is 1.56. The Morgan fingerprint density at radius 2 is 2.44 bits per heavy atom. The summed E-state index contributed by atoms with van der Waals surface area (Å²) in [4.78, 5) is 8.64. The molecule has 0 amide bonds. The SMILES string of the molecule is Cc1noc(CCNC2CCc3cccnc32)n1. The van der Waals surface area contributed by atoms with Crippen LogP contribution in [0.25, 0.3) is 0 Å². The summed E-state index contributed by atoms with van der Waals surface area (Å²) in [6.07, 6.45) is 4.86. The van der Waals surface area contributed by atoms with E-state index in [9.17, 15) is 0 Å². The molecule has 0 saturated carbocycles. The molecule has 0 aliphatic heterocycles. The van der Waals surface area contributed by atoms with Gasteiger partial charge < -0.3 is 9.84 Å². The van der Waals surface area contributed by atoms with Gasteiger partial charge >= 0.3 is 0 Å². The van der Waals surface area contributed by atoms with Crippen LogP contribution in [0.1, 0.15) is 35.4 Å². The van der Waals surface area contributed by atoms with Gasteiger partial charge in [-0.1, -0.05) is 11.2 Å². The van der Waals surface area contributed by atoms with Gasteiger partial charge in [-0.2, -0.15) is 4.98 Å². The quantitative estimate of drug-likeness (QED) is 0.884. The third-order valence-corrected chi connectivity index (χ3v) is 3.26. The smallest absolute Gasteiger partial charge is 0.227 e. The summed E-state index contributed by atoms with van der Waals surface area (Å²) in [5.41, 5.74) is 2.56. The van der Waals surface area contributed by atoms with Crippen LogP contribution >= 0.6 is 0 Å². The molecule has 0 spiro atoms. The molecule has 0 bridgehead atoms. The van der Waals surface area contributed by atoms with Crippen molar-refractivity contribution in [3.05, 3.63) is 41.3 Å². The summed E-state index contributed by atoms with van der Waals surface area (Å²) in [5, 5.41) is 7.28. The van der Waals surface area contributed by atoms with Gasteiger partial charge in [-0.25, -0.2) is 0 Å². The molecule has 0 radical (unpaired) electrons. The Bertz CT molecular complexity index is 537. The largest absolute Gasteiger partial charge is 0.339 e. The fourth-order valence-corrected chi connectivity index (χ4v) is 2.41. The molecule has 2 heterocycles. The number of hydrogen-bond donors (Lipinski definition) is 1. The van der Waals surface area contributed by atoms with Crippen LogP contribution in [0, 0.1) is 6.92 Å². The van der Waals surface area contributed by atoms with E-state index in [-0.39, 0.29) is 0 Å². The summed E-state index contributed by atoms with van der Waals surface area (Å²) in [7, 11) is 0. The van der Waals surface area contributed by atoms with Gasteiger partial charge in [-0.15, -0.1) is 0 Å². The number of nitrogens with one attached hydrogen (secondary N) is 1. The molecule has 5 heteroatoms. The maximum atomic E-state index is 5.08. The summed E-state index contributed by atoms with van der Waals surface area (Å²) >= 11 is 0. The van der Waals surface area contributed by atoms with Crippen LogP contribution in [0.2, 0.25) is 0 Å². The average Bonchev–Trinajstić information content (AvgIpc) is 2.97. The lowest BCUT2D eigenvalue weighted by atomic mass is 10.2. The van der Waals surface area contributed by atoms with Gasteiger partial charge in [-0.3, -0.25) is 4.98 Å². The molecule has 18 heavy (non-hydrogen) atoms. The van der Waals surface area contributed by atoms with Crippen molar-refractivity contribution in [2.24, 2.45) is 0 Å². The van der Waals surface area contributed by atoms with Gasteiger partial charge in [0.1, 0.15) is 0 Å². The number of nitrogens with zero attached hydrogens (tertiary/aromatic N) is 3. The Labute approximate surface area is 106 Å². The van der Waals surface area contributed by atoms with E-state index in [4.69, 9.17) is 4.52 Å². The first kappa shape index (κ1) is 11.3. The Morgan fingerprint density at radius 3 is 3.28 bits per heavy atom. The fraction of sp³-hybridized carbons (Fsp3) is 0.462. The molecule has 1 aliphatic carbocycles. The lowest BCUT2D eigenvalue weighted by Gasteiger charge is -2.11. The van der Waals surface area contributed by atoms with Crippen LogP contribution in [-0.2, 0) is 12.8 Å². The van der Waals surface area contributed by atoms with Gasteiger partial charge in [0, 0.05) is 19.2 Å². The monoisotopic (exact) mass is 244 g/mol. The Morgan fingerprint density at radius 1 is 1.50 bits per heavy atom. The molecule has 3 rings (SSSR count). The van der Waals surface area contributed by atoms with Crippen LogP contribution in [0.15, 0.2) is 22.9 Å². The van der Waals surface area contributed by atoms with E-state index in [1.54, 1.807) is 0 Å². The van der Waals surface area contributed by atoms with Gasteiger partial charge in [0.15, 0.2) is 5.82 Å². The lowest BCUT2D eigenvalue weighted by Crippen LogP contribution is -2.22. The number of aryl methyl sites for hydroxylation is 2. The van der Waals surface area contributed by atoms with E-state index >= 15 is 0 Å². The Hall–Kier alpha value is -1.75. The summed E-state index contributed by atoms with van der Waals surface area (Å²) in [6.45, 7) is 2.67. The minimum atomic E-state index is 0.366. The standard InChI is InChI=1S/C13H16N4O/c1-9-16-12(18-17-9)6-8-14-11-5-4-10-3-2-7-15-13(10)11/h2-3,7,11,14H,4-6,8H2,1H3. The minimum absolute atomic E-state index is 0.366. The molecular formula is C13H16N4O. The molecule has 0 fully saturated rings. The maximum absolute atomic E-state index is 5.08. The van der Waals surface area contributed by atoms with Crippen molar-refractivity contribution in [2.45, 2.75) is 32.2 Å². The van der Waals surface area contributed by atoms with E-state index in [0.717, 1.165) is 25.8 Å². The number of hydrogen-bond acceptors (Lipinski definition) is 5. The molecule has 94 valence electrons. The van der Waals surface area contributed by atoms with E-state index in [1.165, 1.54) is 11.3 Å². The fourth-order valence-electron chi connectivity index (χ4n) is 2.41. The van der Waals surface area contributed by atoms with Crippen molar-refractivity contribution >= 4 is 0 Å². The zero-order chi connectivity index (χ0) is 12.4. The maximum Gasteiger partial charge on any atom is 0.227 e. The molecule has 2 aromatic heterocycles. The predicted octanol–water partition coefficient (Wildman–Crippen LogP) is 1.59. The minimum Gasteiger partial charge on any atom is -0.339 e. The summed E-state index contributed by atoms with van der Waals surface area (Å²) < 4.78 is 5.08. The molecule has 0 saturated heterocycles. The highest BCUT2D eigenvalue weighted by Gasteiger charge is 2.22. The second kappa shape index (κ2) is 4.86. The lowest BCUT2D eigenvalue weighted by molar-refractivity contribution is 0.368. The van der Waals surface area contributed by atoms with Gasteiger partial charge in [0.25, 0.3) is 0 Å². The highest BCUT2D eigenvalue weighted by atomic mass is 16.5. The summed E-state index contributed by atoms with van der Waals surface area (Å²) in [6, 6.07) is 4.53. The first-order valence-corrected chi connectivity index (χ1v) is 6.29. The molecule has 1 N–H and O–H groups in total. The van der Waals surface area contributed by atoms with Crippen molar-refractivity contribution in [3.8, 4) is 0 Å². The normalized spacial score (nSPS) is 17.9. The van der Waals surface area contributed by atoms with E-state index in [1.807, 2.05) is 19.2 Å². The molecular weight excluding hydrogens is 228 g/mol. The number of rotatable bonds is 4. The predicted molar refractivity (Wildman–Crippen MR) is 66.0 cm³/mol. The second-order valence-electron chi connectivity index (χ2n) is 4.58. The third kappa shape index (κ3) is 2.26. The highest BCUT2D eigenvalue weighted by Crippen LogP contribution is 2.28. The van der Waals surface area contributed by atoms with Crippen LogP contribution in [0.5, 0.6) is 0 Å². The van der Waals surface area contributed by atoms with Crippen molar-refractivity contribution < 1.29 is 4.52 Å². The van der Waals surface area contributed by atoms with E-state index in [0.29, 0.717) is 17.8 Å². The third-order valence-electron chi connectivity index (χ3n) is 3.26. The molecule has 2 aromatic rings. The van der Waals surface area contributed by atoms with Crippen molar-refractivity contribution in [2.75, 3.05) is 6.54 Å². The first-order valence-electron chi connectivity index (χ1n) is 6.29.